The number of amides is 1. The largest absolute Gasteiger partial charge is 0.444 e. The first kappa shape index (κ1) is 15.3. The molecule has 0 saturated carbocycles. The van der Waals surface area contributed by atoms with Crippen LogP contribution < -0.4 is 15.7 Å². The number of rotatable bonds is 4. The van der Waals surface area contributed by atoms with Gasteiger partial charge in [-0.3, -0.25) is 10.1 Å². The van der Waals surface area contributed by atoms with E-state index in [4.69, 9.17) is 4.74 Å². The normalized spacial score (nSPS) is 9.86. The molecule has 0 unspecified atom stereocenters. The maximum Gasteiger partial charge on any atom is 0.412 e. The first-order chi connectivity index (χ1) is 10.6. The average Bonchev–Trinajstić information content (AvgIpc) is 2.50. The van der Waals surface area contributed by atoms with Gasteiger partial charge in [0, 0.05) is 13.1 Å². The number of pyridine rings is 1. The molecule has 0 aliphatic heterocycles. The van der Waals surface area contributed by atoms with Crippen molar-refractivity contribution in [2.75, 3.05) is 5.32 Å². The van der Waals surface area contributed by atoms with Gasteiger partial charge < -0.3 is 9.57 Å². The van der Waals surface area contributed by atoms with E-state index in [0.29, 0.717) is 0 Å². The molecule has 0 aliphatic carbocycles. The third-order valence-electron chi connectivity index (χ3n) is 2.59. The Labute approximate surface area is 126 Å². The summed E-state index contributed by atoms with van der Waals surface area (Å²) in [5.74, 6) is -0.647. The van der Waals surface area contributed by atoms with E-state index in [2.05, 4.69) is 10.2 Å². The van der Waals surface area contributed by atoms with E-state index in [1.165, 1.54) is 25.3 Å². The van der Waals surface area contributed by atoms with Gasteiger partial charge in [-0.1, -0.05) is 30.3 Å². The van der Waals surface area contributed by atoms with Crippen LogP contribution >= 0.6 is 0 Å². The molecule has 0 aliphatic rings. The van der Waals surface area contributed by atoms with Crippen LogP contribution in [-0.4, -0.2) is 16.8 Å². The van der Waals surface area contributed by atoms with E-state index >= 15 is 0 Å². The number of hydrogen-bond donors (Lipinski definition) is 1. The maximum absolute atomic E-state index is 11.9. The number of aromatic nitrogens is 1. The fraction of sp³-hybridized carbons (Fsp3) is 0.133. The van der Waals surface area contributed by atoms with Crippen molar-refractivity contribution in [3.8, 4) is 0 Å². The lowest BCUT2D eigenvalue weighted by molar-refractivity contribution is -0.141. The highest BCUT2D eigenvalue weighted by atomic mass is 16.7. The van der Waals surface area contributed by atoms with Crippen molar-refractivity contribution >= 4 is 17.7 Å². The van der Waals surface area contributed by atoms with E-state index in [1.807, 2.05) is 30.3 Å². The minimum atomic E-state index is -0.776. The number of ether oxygens (including phenoxy) is 1. The van der Waals surface area contributed by atoms with Crippen molar-refractivity contribution in [3.63, 3.8) is 0 Å². The third-order valence-corrected chi connectivity index (χ3v) is 2.59. The molecule has 2 aromatic rings. The van der Waals surface area contributed by atoms with Crippen molar-refractivity contribution < 1.29 is 19.2 Å². The van der Waals surface area contributed by atoms with Crippen LogP contribution in [0.3, 0.4) is 0 Å². The molecule has 22 heavy (non-hydrogen) atoms. The summed E-state index contributed by atoms with van der Waals surface area (Å²) in [6.45, 7) is 1.25. The van der Waals surface area contributed by atoms with Gasteiger partial charge in [-0.25, -0.2) is 9.59 Å². The molecule has 0 atom stereocenters. The minimum absolute atomic E-state index is 0.0539. The van der Waals surface area contributed by atoms with Gasteiger partial charge in [-0.05, 0) is 17.7 Å². The Morgan fingerprint density at radius 3 is 2.55 bits per heavy atom. The number of anilines is 1. The number of carbonyl (C=O) groups is 2. The number of benzene rings is 1. The highest BCUT2D eigenvalue weighted by Crippen LogP contribution is 2.03. The van der Waals surface area contributed by atoms with Crippen molar-refractivity contribution in [3.05, 3.63) is 64.6 Å². The molecular formula is C15H14N2O5. The molecule has 0 bridgehead atoms. The fourth-order valence-corrected chi connectivity index (χ4v) is 1.65. The Balaban J connectivity index is 2.00. The Bertz CT molecular complexity index is 724. The van der Waals surface area contributed by atoms with Gasteiger partial charge in [0.15, 0.2) is 0 Å². The van der Waals surface area contributed by atoms with E-state index in [0.717, 1.165) is 10.3 Å². The standard InChI is InChI=1S/C15H14N2O5/c1-11(18)22-17-9-5-8-13(14(17)19)16-15(20)21-10-12-6-3-2-4-7-12/h2-9H,10H2,1H3,(H,16,20). The molecule has 0 radical (unpaired) electrons. The molecule has 1 heterocycles. The Morgan fingerprint density at radius 2 is 1.86 bits per heavy atom. The predicted octanol–water partition coefficient (Wildman–Crippen LogP) is 1.57. The molecule has 7 heteroatoms. The van der Waals surface area contributed by atoms with Gasteiger partial charge in [-0.2, -0.15) is 0 Å². The van der Waals surface area contributed by atoms with Crippen LogP contribution in [0.25, 0.3) is 0 Å². The fourth-order valence-electron chi connectivity index (χ4n) is 1.65. The number of nitrogens with one attached hydrogen (secondary N) is 1. The maximum atomic E-state index is 11.9. The molecule has 0 fully saturated rings. The van der Waals surface area contributed by atoms with E-state index in [-0.39, 0.29) is 12.3 Å². The highest BCUT2D eigenvalue weighted by Gasteiger charge is 2.10. The van der Waals surface area contributed by atoms with Crippen LogP contribution in [0.2, 0.25) is 0 Å². The minimum Gasteiger partial charge on any atom is -0.444 e. The SMILES string of the molecule is CC(=O)On1cccc(NC(=O)OCc2ccccc2)c1=O. The molecule has 7 nitrogen and oxygen atoms in total. The van der Waals surface area contributed by atoms with Crippen LogP contribution in [0.4, 0.5) is 10.5 Å². The molecule has 1 N–H and O–H groups in total. The first-order valence-corrected chi connectivity index (χ1v) is 6.44. The summed E-state index contributed by atoms with van der Waals surface area (Å²) in [6.07, 6.45) is 0.492. The zero-order chi connectivity index (χ0) is 15.9. The average molecular weight is 302 g/mol. The summed E-state index contributed by atoms with van der Waals surface area (Å²) in [4.78, 5) is 39.1. The van der Waals surface area contributed by atoms with E-state index in [1.54, 1.807) is 0 Å². The molecule has 1 amide bonds. The van der Waals surface area contributed by atoms with Gasteiger partial charge in [0.25, 0.3) is 0 Å². The highest BCUT2D eigenvalue weighted by molar-refractivity contribution is 5.84. The van der Waals surface area contributed by atoms with Crippen LogP contribution in [0, 0.1) is 0 Å². The lowest BCUT2D eigenvalue weighted by Gasteiger charge is -2.08. The Hall–Kier alpha value is -3.09. The summed E-state index contributed by atoms with van der Waals surface area (Å²) in [7, 11) is 0. The molecule has 2 rings (SSSR count). The molecule has 114 valence electrons. The van der Waals surface area contributed by atoms with Crippen LogP contribution in [0.5, 0.6) is 0 Å². The zero-order valence-electron chi connectivity index (χ0n) is 11.8. The van der Waals surface area contributed by atoms with Crippen molar-refractivity contribution in [1.29, 1.82) is 0 Å². The summed E-state index contributed by atoms with van der Waals surface area (Å²) in [5.41, 5.74) is 0.0965. The molecule has 0 saturated heterocycles. The lowest BCUT2D eigenvalue weighted by atomic mass is 10.2. The first-order valence-electron chi connectivity index (χ1n) is 6.44. The van der Waals surface area contributed by atoms with Gasteiger partial charge >= 0.3 is 17.6 Å². The number of carbonyl (C=O) groups excluding carboxylic acids is 2. The Kier molecular flexibility index (Phi) is 4.92. The summed E-state index contributed by atoms with van der Waals surface area (Å²) in [5, 5.41) is 2.31. The van der Waals surface area contributed by atoms with Gasteiger partial charge in [-0.15, -0.1) is 4.73 Å². The lowest BCUT2D eigenvalue weighted by Crippen LogP contribution is -2.31. The topological polar surface area (TPSA) is 86.6 Å². The van der Waals surface area contributed by atoms with Crippen LogP contribution in [0.1, 0.15) is 12.5 Å². The second kappa shape index (κ2) is 7.07. The second-order valence-electron chi connectivity index (χ2n) is 4.32. The Morgan fingerprint density at radius 1 is 1.14 bits per heavy atom. The van der Waals surface area contributed by atoms with E-state index < -0.39 is 17.6 Å². The van der Waals surface area contributed by atoms with Crippen molar-refractivity contribution in [1.82, 2.24) is 4.73 Å². The molecular weight excluding hydrogens is 288 g/mol. The van der Waals surface area contributed by atoms with Crippen LogP contribution in [0.15, 0.2) is 53.5 Å². The van der Waals surface area contributed by atoms with Gasteiger partial charge in [0.1, 0.15) is 12.3 Å². The number of nitrogens with zero attached hydrogens (tertiary/aromatic N) is 1. The third kappa shape index (κ3) is 4.20. The van der Waals surface area contributed by atoms with Crippen LogP contribution in [-0.2, 0) is 16.1 Å². The van der Waals surface area contributed by atoms with Crippen molar-refractivity contribution in [2.24, 2.45) is 0 Å². The summed E-state index contributed by atoms with van der Waals surface area (Å²) in [6, 6.07) is 12.0. The second-order valence-corrected chi connectivity index (χ2v) is 4.32. The molecule has 1 aromatic heterocycles. The summed E-state index contributed by atoms with van der Waals surface area (Å²) < 4.78 is 5.73. The zero-order valence-corrected chi connectivity index (χ0v) is 11.8. The number of hydrogen-bond acceptors (Lipinski definition) is 5. The van der Waals surface area contributed by atoms with Gasteiger partial charge in [0.2, 0.25) is 0 Å². The predicted molar refractivity (Wildman–Crippen MR) is 78.2 cm³/mol. The quantitative estimate of drug-likeness (QED) is 0.926. The molecule has 1 aromatic carbocycles. The molecule has 0 spiro atoms. The smallest absolute Gasteiger partial charge is 0.412 e. The van der Waals surface area contributed by atoms with Gasteiger partial charge in [0.05, 0.1) is 0 Å². The summed E-state index contributed by atoms with van der Waals surface area (Å²) >= 11 is 0. The monoisotopic (exact) mass is 302 g/mol. The van der Waals surface area contributed by atoms with Crippen molar-refractivity contribution in [2.45, 2.75) is 13.5 Å². The van der Waals surface area contributed by atoms with E-state index in [9.17, 15) is 14.4 Å².